The summed E-state index contributed by atoms with van der Waals surface area (Å²) in [5.74, 6) is 0.297. The Morgan fingerprint density at radius 1 is 1.04 bits per heavy atom. The lowest BCUT2D eigenvalue weighted by molar-refractivity contribution is -0.822. The second kappa shape index (κ2) is 16.9. The molecule has 4 rings (SSSR count). The first-order chi connectivity index (χ1) is 21.3. The van der Waals surface area contributed by atoms with Crippen LogP contribution in [0.25, 0.3) is 0 Å². The summed E-state index contributed by atoms with van der Waals surface area (Å²) >= 11 is 0. The van der Waals surface area contributed by atoms with Gasteiger partial charge < -0.3 is 25.7 Å². The van der Waals surface area contributed by atoms with Gasteiger partial charge >= 0.3 is 12.2 Å². The number of rotatable bonds is 20. The summed E-state index contributed by atoms with van der Waals surface area (Å²) in [7, 11) is -0.556. The number of nitrogens with two attached hydrogens (primary N) is 1. The third-order valence-corrected chi connectivity index (χ3v) is 10.4. The van der Waals surface area contributed by atoms with Gasteiger partial charge in [0.15, 0.2) is 0 Å². The number of hydrogen-bond donors (Lipinski definition) is 5. The number of carbonyl (C=O) groups is 2. The third-order valence-electron chi connectivity index (χ3n) is 10.4. The number of nitrogens with one attached hydrogen (secondary N) is 3. The highest BCUT2D eigenvalue weighted by Crippen LogP contribution is 2.65. The zero-order valence-electron chi connectivity index (χ0n) is 28.6. The Labute approximate surface area is 270 Å². The highest BCUT2D eigenvalue weighted by Gasteiger charge is 2.68. The molecular formula is C32H60BN6O6+. The lowest BCUT2D eigenvalue weighted by Gasteiger charge is -2.64. The van der Waals surface area contributed by atoms with Gasteiger partial charge in [-0.2, -0.15) is 0 Å². The molecule has 1 aliphatic heterocycles. The normalized spacial score (nSPS) is 26.5. The maximum Gasteiger partial charge on any atom is 0.481 e. The second-order valence-corrected chi connectivity index (χ2v) is 14.7. The molecule has 0 radical (unpaired) electrons. The lowest BCUT2D eigenvalue weighted by atomic mass is 9.43. The molecular weight excluding hydrogens is 575 g/mol. The van der Waals surface area contributed by atoms with E-state index < -0.39 is 18.2 Å². The number of hydrazine groups is 1. The van der Waals surface area contributed by atoms with E-state index in [1.807, 2.05) is 5.43 Å². The van der Waals surface area contributed by atoms with Crippen LogP contribution in [0.3, 0.4) is 0 Å². The monoisotopic (exact) mass is 635 g/mol. The Kier molecular flexibility index (Phi) is 14.0. The number of aliphatic imine (C=N–C) groups is 1. The number of guanidine groups is 1. The Morgan fingerprint density at radius 2 is 1.71 bits per heavy atom. The van der Waals surface area contributed by atoms with Crippen molar-refractivity contribution in [2.24, 2.45) is 33.9 Å². The fourth-order valence-corrected chi connectivity index (χ4v) is 7.68. The first-order valence-corrected chi connectivity index (χ1v) is 17.4. The van der Waals surface area contributed by atoms with Crippen LogP contribution in [0.15, 0.2) is 4.99 Å². The molecule has 3 saturated carbocycles. The molecule has 12 nitrogen and oxygen atoms in total. The van der Waals surface area contributed by atoms with Crippen LogP contribution < -0.4 is 21.8 Å². The number of carbonyl (C=O) groups excluding carboxylic acids is 2. The smallest absolute Gasteiger partial charge is 0.404 e. The lowest BCUT2D eigenvalue weighted by Crippen LogP contribution is -2.65. The van der Waals surface area contributed by atoms with E-state index in [4.69, 9.17) is 20.2 Å². The highest BCUT2D eigenvalue weighted by molar-refractivity contribution is 6.48. The molecule has 0 unspecified atom stereocenters. The fourth-order valence-electron chi connectivity index (χ4n) is 7.68. The molecule has 3 aliphatic carbocycles. The maximum absolute atomic E-state index is 13.8. The molecule has 0 spiro atoms. The second-order valence-electron chi connectivity index (χ2n) is 14.7. The molecule has 2 bridgehead atoms. The van der Waals surface area contributed by atoms with E-state index in [0.717, 1.165) is 32.1 Å². The zero-order chi connectivity index (χ0) is 33.2. The SMILES string of the molecule is CCCCCCCCCCC(=O)N[C@@H](CCCN=C(N)N[N+](=O)O)C(=O)N[C@@H](CC(C)C)B1O[C@@H]2C[C@@H]3C[C@@H](C3(C)C)[C@]2(C)O1. The van der Waals surface area contributed by atoms with E-state index in [1.54, 1.807) is 0 Å². The molecule has 0 aromatic rings. The van der Waals surface area contributed by atoms with Gasteiger partial charge in [-0.25, -0.2) is 10.2 Å². The summed E-state index contributed by atoms with van der Waals surface area (Å²) in [4.78, 5) is 41.5. The average molecular weight is 636 g/mol. The Hall–Kier alpha value is -2.41. The van der Waals surface area contributed by atoms with Crippen molar-refractivity contribution in [3.8, 4) is 0 Å². The first-order valence-electron chi connectivity index (χ1n) is 17.4. The van der Waals surface area contributed by atoms with Gasteiger partial charge in [0.05, 0.1) is 17.6 Å². The zero-order valence-corrected chi connectivity index (χ0v) is 28.6. The van der Waals surface area contributed by atoms with Gasteiger partial charge in [0, 0.05) is 13.0 Å². The molecule has 2 amide bonds. The van der Waals surface area contributed by atoms with Crippen molar-refractivity contribution in [3.63, 3.8) is 0 Å². The molecule has 6 atom stereocenters. The van der Waals surface area contributed by atoms with E-state index >= 15 is 0 Å². The van der Waals surface area contributed by atoms with Crippen LogP contribution in [0.1, 0.15) is 131 Å². The Balaban J connectivity index is 1.61. The van der Waals surface area contributed by atoms with Crippen molar-refractivity contribution < 1.29 is 29.1 Å². The van der Waals surface area contributed by atoms with Gasteiger partial charge in [-0.1, -0.05) is 79.6 Å². The van der Waals surface area contributed by atoms with Crippen molar-refractivity contribution in [2.45, 2.75) is 155 Å². The van der Waals surface area contributed by atoms with Gasteiger partial charge in [-0.3, -0.25) is 9.59 Å². The molecule has 45 heavy (non-hydrogen) atoms. The number of amides is 2. The van der Waals surface area contributed by atoms with Gasteiger partial charge in [0.25, 0.3) is 5.96 Å². The molecule has 4 aliphatic rings. The summed E-state index contributed by atoms with van der Waals surface area (Å²) in [5.41, 5.74) is 7.34. The standard InChI is InChI=1S/C32H59BN6O6/c1-7-8-9-10-11-12-13-14-17-28(40)36-24(16-15-18-35-30(34)38-39(42)43)29(41)37-27(19-22(2)3)33-44-26-21-23-20-25(31(23,4)5)32(26,6)45-33/h22-27H,7-21H2,1-6H3,(H5-,34,35,36,37,38,40,41,42,43)/p+1/t23-,24-,25-,26+,27-,32-/m0/s1. The van der Waals surface area contributed by atoms with Crippen molar-refractivity contribution in [1.29, 1.82) is 0 Å². The summed E-state index contributed by atoms with van der Waals surface area (Å²) in [6.07, 6.45) is 13.0. The highest BCUT2D eigenvalue weighted by atomic mass is 16.7. The van der Waals surface area contributed by atoms with Crippen LogP contribution in [0.2, 0.25) is 0 Å². The third kappa shape index (κ3) is 10.3. The van der Waals surface area contributed by atoms with E-state index in [-0.39, 0.29) is 53.3 Å². The minimum Gasteiger partial charge on any atom is -0.404 e. The summed E-state index contributed by atoms with van der Waals surface area (Å²) in [6, 6.07) is -0.773. The molecule has 13 heteroatoms. The van der Waals surface area contributed by atoms with Crippen LogP contribution in [0.5, 0.6) is 0 Å². The topological polar surface area (TPSA) is 167 Å². The summed E-state index contributed by atoms with van der Waals surface area (Å²) in [5, 5.41) is 14.4. The molecule has 0 aromatic heterocycles. The van der Waals surface area contributed by atoms with Crippen molar-refractivity contribution in [3.05, 3.63) is 4.91 Å². The summed E-state index contributed by atoms with van der Waals surface area (Å²) < 4.78 is 13.3. The fraction of sp³-hybridized carbons (Fsp3) is 0.906. The molecule has 0 aromatic carbocycles. The number of nitrogens with zero attached hydrogens (tertiary/aromatic N) is 2. The van der Waals surface area contributed by atoms with E-state index in [1.165, 1.54) is 32.1 Å². The Morgan fingerprint density at radius 3 is 2.33 bits per heavy atom. The van der Waals surface area contributed by atoms with Gasteiger partial charge in [-0.15, -0.1) is 0 Å². The molecule has 1 heterocycles. The number of unbranched alkanes of at least 4 members (excludes halogenated alkanes) is 7. The van der Waals surface area contributed by atoms with Gasteiger partial charge in [0.2, 0.25) is 11.8 Å². The van der Waals surface area contributed by atoms with Gasteiger partial charge in [0.1, 0.15) is 10.9 Å². The molecule has 4 fully saturated rings. The van der Waals surface area contributed by atoms with Crippen LogP contribution in [0, 0.1) is 28.1 Å². The van der Waals surface area contributed by atoms with E-state index in [0.29, 0.717) is 37.5 Å². The molecule has 1 saturated heterocycles. The van der Waals surface area contributed by atoms with Gasteiger partial charge in [-0.05, 0) is 74.0 Å². The minimum atomic E-state index is -0.773. The number of hydrogen-bond acceptors (Lipinski definition) is 6. The molecule has 256 valence electrons. The largest absolute Gasteiger partial charge is 0.481 e. The van der Waals surface area contributed by atoms with Crippen LogP contribution >= 0.6 is 0 Å². The van der Waals surface area contributed by atoms with Crippen LogP contribution in [-0.4, -0.2) is 65.4 Å². The molecule has 6 N–H and O–H groups in total. The quantitative estimate of drug-likeness (QED) is 0.0427. The van der Waals surface area contributed by atoms with Crippen LogP contribution in [-0.2, 0) is 18.9 Å². The van der Waals surface area contributed by atoms with Crippen LogP contribution in [0.4, 0.5) is 0 Å². The van der Waals surface area contributed by atoms with E-state index in [9.17, 15) is 14.5 Å². The average Bonchev–Trinajstić information content (AvgIpc) is 3.32. The predicted molar refractivity (Wildman–Crippen MR) is 175 cm³/mol. The summed E-state index contributed by atoms with van der Waals surface area (Å²) in [6.45, 7) is 13.5. The maximum atomic E-state index is 13.8. The van der Waals surface area contributed by atoms with Crippen molar-refractivity contribution in [1.82, 2.24) is 16.1 Å². The first kappa shape index (κ1) is 37.1. The van der Waals surface area contributed by atoms with Crippen molar-refractivity contribution in [2.75, 3.05) is 6.54 Å². The minimum absolute atomic E-state index is 0.00822. The van der Waals surface area contributed by atoms with Crippen molar-refractivity contribution >= 4 is 24.9 Å². The predicted octanol–water partition coefficient (Wildman–Crippen LogP) is 4.57. The van der Waals surface area contributed by atoms with E-state index in [2.05, 4.69) is 57.2 Å². The Bertz CT molecular complexity index is 1030.